The first kappa shape index (κ1) is 12.8. The maximum Gasteiger partial charge on any atom is 0.237 e. The average molecular weight is 252 g/mol. The molecule has 0 radical (unpaired) electrons. The number of carbonyl (C=O) groups is 1. The lowest BCUT2D eigenvalue weighted by Crippen LogP contribution is -2.41. The molecule has 0 saturated carbocycles. The van der Waals surface area contributed by atoms with Crippen molar-refractivity contribution in [2.45, 2.75) is 18.9 Å². The molecule has 0 bridgehead atoms. The van der Waals surface area contributed by atoms with Crippen molar-refractivity contribution in [1.29, 1.82) is 0 Å². The first-order chi connectivity index (χ1) is 8.75. The molecule has 1 unspecified atom stereocenters. The number of carbonyl (C=O) groups excluding carboxylic acids is 1. The average Bonchev–Trinajstić information content (AvgIpc) is 2.90. The van der Waals surface area contributed by atoms with Crippen LogP contribution in [-0.4, -0.2) is 31.6 Å². The lowest BCUT2D eigenvalue weighted by Gasteiger charge is -2.11. The molecule has 1 amide bonds. The second-order valence-electron chi connectivity index (χ2n) is 4.24. The zero-order chi connectivity index (χ0) is 12.8. The Labute approximate surface area is 106 Å². The van der Waals surface area contributed by atoms with Gasteiger partial charge in [0.15, 0.2) is 0 Å². The van der Waals surface area contributed by atoms with Gasteiger partial charge in [-0.15, -0.1) is 0 Å². The smallest absolute Gasteiger partial charge is 0.237 e. The number of benzene rings is 1. The molecule has 1 aromatic rings. The van der Waals surface area contributed by atoms with Gasteiger partial charge in [0, 0.05) is 0 Å². The van der Waals surface area contributed by atoms with Crippen LogP contribution in [0.25, 0.3) is 0 Å². The molecule has 18 heavy (non-hydrogen) atoms. The van der Waals surface area contributed by atoms with E-state index in [1.807, 2.05) is 0 Å². The van der Waals surface area contributed by atoms with E-state index in [0.29, 0.717) is 18.9 Å². The summed E-state index contributed by atoms with van der Waals surface area (Å²) in [6.45, 7) is 1.74. The van der Waals surface area contributed by atoms with E-state index in [4.69, 9.17) is 4.74 Å². The quantitative estimate of drug-likeness (QED) is 0.771. The molecule has 1 aliphatic heterocycles. The maximum atomic E-state index is 12.6. The molecule has 0 aromatic heterocycles. The monoisotopic (exact) mass is 252 g/mol. The van der Waals surface area contributed by atoms with Gasteiger partial charge in [0.05, 0.1) is 12.6 Å². The van der Waals surface area contributed by atoms with E-state index in [-0.39, 0.29) is 17.8 Å². The number of hydrogen-bond donors (Lipinski definition) is 2. The summed E-state index contributed by atoms with van der Waals surface area (Å²) in [4.78, 5) is 11.6. The molecule has 5 heteroatoms. The van der Waals surface area contributed by atoms with Gasteiger partial charge < -0.3 is 15.4 Å². The summed E-state index contributed by atoms with van der Waals surface area (Å²) in [5.74, 6) is 0.336. The van der Waals surface area contributed by atoms with Gasteiger partial charge in [-0.1, -0.05) is 0 Å². The topological polar surface area (TPSA) is 50.4 Å². The van der Waals surface area contributed by atoms with Crippen LogP contribution in [0, 0.1) is 5.82 Å². The number of rotatable bonds is 5. The van der Waals surface area contributed by atoms with Crippen LogP contribution >= 0.6 is 0 Å². The van der Waals surface area contributed by atoms with Crippen molar-refractivity contribution in [2.75, 3.05) is 19.7 Å². The Hall–Kier alpha value is -1.62. The number of nitrogens with one attached hydrogen (secondary N) is 2. The molecular weight excluding hydrogens is 235 g/mol. The molecule has 1 aliphatic rings. The van der Waals surface area contributed by atoms with E-state index >= 15 is 0 Å². The third kappa shape index (κ3) is 3.70. The molecule has 1 fully saturated rings. The van der Waals surface area contributed by atoms with E-state index in [1.54, 1.807) is 12.1 Å². The second-order valence-corrected chi connectivity index (χ2v) is 4.24. The van der Waals surface area contributed by atoms with Crippen molar-refractivity contribution in [3.8, 4) is 5.75 Å². The molecule has 2 N–H and O–H groups in total. The summed E-state index contributed by atoms with van der Waals surface area (Å²) in [7, 11) is 0. The largest absolute Gasteiger partial charge is 0.492 e. The molecule has 1 heterocycles. The van der Waals surface area contributed by atoms with Crippen LogP contribution in [-0.2, 0) is 4.79 Å². The Morgan fingerprint density at radius 1 is 1.44 bits per heavy atom. The molecule has 1 saturated heterocycles. The lowest BCUT2D eigenvalue weighted by atomic mass is 10.2. The Morgan fingerprint density at radius 2 is 2.22 bits per heavy atom. The summed E-state index contributed by atoms with van der Waals surface area (Å²) in [5.41, 5.74) is 0. The van der Waals surface area contributed by atoms with Crippen molar-refractivity contribution >= 4 is 5.91 Å². The van der Waals surface area contributed by atoms with Crippen molar-refractivity contribution in [3.63, 3.8) is 0 Å². The van der Waals surface area contributed by atoms with Gasteiger partial charge in [-0.25, -0.2) is 4.39 Å². The van der Waals surface area contributed by atoms with E-state index in [2.05, 4.69) is 10.6 Å². The van der Waals surface area contributed by atoms with Gasteiger partial charge in [-0.3, -0.25) is 4.79 Å². The number of halogens is 1. The highest BCUT2D eigenvalue weighted by molar-refractivity contribution is 5.81. The van der Waals surface area contributed by atoms with Gasteiger partial charge in [-0.05, 0) is 43.7 Å². The van der Waals surface area contributed by atoms with Crippen molar-refractivity contribution < 1.29 is 13.9 Å². The highest BCUT2D eigenvalue weighted by Crippen LogP contribution is 2.10. The van der Waals surface area contributed by atoms with Gasteiger partial charge in [0.25, 0.3) is 0 Å². The fourth-order valence-electron chi connectivity index (χ4n) is 1.91. The van der Waals surface area contributed by atoms with Crippen LogP contribution in [0.15, 0.2) is 24.3 Å². The molecule has 0 spiro atoms. The van der Waals surface area contributed by atoms with E-state index in [9.17, 15) is 9.18 Å². The molecular formula is C13H17FN2O2. The Balaban J connectivity index is 1.63. The summed E-state index contributed by atoms with van der Waals surface area (Å²) in [5, 5.41) is 5.93. The van der Waals surface area contributed by atoms with E-state index in [0.717, 1.165) is 19.4 Å². The third-order valence-corrected chi connectivity index (χ3v) is 2.86. The SMILES string of the molecule is O=C(NCCOc1ccc(F)cc1)C1CCCN1. The van der Waals surface area contributed by atoms with Crippen LogP contribution in [0.2, 0.25) is 0 Å². The second kappa shape index (κ2) is 6.35. The number of hydrogen-bond acceptors (Lipinski definition) is 3. The third-order valence-electron chi connectivity index (χ3n) is 2.86. The molecule has 98 valence electrons. The van der Waals surface area contributed by atoms with Crippen molar-refractivity contribution in [3.05, 3.63) is 30.1 Å². The fourth-order valence-corrected chi connectivity index (χ4v) is 1.91. The molecule has 1 atom stereocenters. The normalized spacial score (nSPS) is 18.6. The van der Waals surface area contributed by atoms with Crippen LogP contribution in [0.1, 0.15) is 12.8 Å². The van der Waals surface area contributed by atoms with Gasteiger partial charge in [-0.2, -0.15) is 0 Å². The first-order valence-electron chi connectivity index (χ1n) is 6.15. The zero-order valence-electron chi connectivity index (χ0n) is 10.1. The van der Waals surface area contributed by atoms with Crippen molar-refractivity contribution in [1.82, 2.24) is 10.6 Å². The van der Waals surface area contributed by atoms with Crippen LogP contribution in [0.4, 0.5) is 4.39 Å². The zero-order valence-corrected chi connectivity index (χ0v) is 10.1. The fraction of sp³-hybridized carbons (Fsp3) is 0.462. The minimum atomic E-state index is -0.289. The van der Waals surface area contributed by atoms with E-state index < -0.39 is 0 Å². The Morgan fingerprint density at radius 3 is 2.89 bits per heavy atom. The number of ether oxygens (including phenoxy) is 1. The molecule has 2 rings (SSSR count). The predicted molar refractivity (Wildman–Crippen MR) is 65.9 cm³/mol. The van der Waals surface area contributed by atoms with Gasteiger partial charge >= 0.3 is 0 Å². The van der Waals surface area contributed by atoms with Crippen molar-refractivity contribution in [2.24, 2.45) is 0 Å². The highest BCUT2D eigenvalue weighted by atomic mass is 19.1. The molecule has 0 aliphatic carbocycles. The summed E-state index contributed by atoms with van der Waals surface area (Å²) in [6, 6.07) is 5.76. The minimum absolute atomic E-state index is 0.0233. The number of amides is 1. The molecule has 4 nitrogen and oxygen atoms in total. The van der Waals surface area contributed by atoms with Gasteiger partial charge in [0.1, 0.15) is 18.2 Å². The van der Waals surface area contributed by atoms with Crippen LogP contribution in [0.3, 0.4) is 0 Å². The molecule has 1 aromatic carbocycles. The standard InChI is InChI=1S/C13H17FN2O2/c14-10-3-5-11(6-4-10)18-9-8-16-13(17)12-2-1-7-15-12/h3-6,12,15H,1-2,7-9H2,(H,16,17). The van der Waals surface area contributed by atoms with Gasteiger partial charge in [0.2, 0.25) is 5.91 Å². The Kier molecular flexibility index (Phi) is 4.52. The lowest BCUT2D eigenvalue weighted by molar-refractivity contribution is -0.122. The summed E-state index contributed by atoms with van der Waals surface area (Å²) < 4.78 is 18.0. The summed E-state index contributed by atoms with van der Waals surface area (Å²) >= 11 is 0. The maximum absolute atomic E-state index is 12.6. The van der Waals surface area contributed by atoms with Crippen LogP contribution in [0.5, 0.6) is 5.75 Å². The predicted octanol–water partition coefficient (Wildman–Crippen LogP) is 1.07. The minimum Gasteiger partial charge on any atom is -0.492 e. The van der Waals surface area contributed by atoms with E-state index in [1.165, 1.54) is 12.1 Å². The van der Waals surface area contributed by atoms with Crippen LogP contribution < -0.4 is 15.4 Å². The first-order valence-corrected chi connectivity index (χ1v) is 6.15. The Bertz CT molecular complexity index is 388. The highest BCUT2D eigenvalue weighted by Gasteiger charge is 2.21. The summed E-state index contributed by atoms with van der Waals surface area (Å²) in [6.07, 6.45) is 1.94.